The molecule has 1 saturated heterocycles. The van der Waals surface area contributed by atoms with Gasteiger partial charge in [0.05, 0.1) is 12.8 Å². The smallest absolute Gasteiger partial charge is 0.412 e. The minimum Gasteiger partial charge on any atom is -0.497 e. The second-order valence-corrected chi connectivity index (χ2v) is 5.94. The minimum atomic E-state index is -0.513. The van der Waals surface area contributed by atoms with Crippen LogP contribution in [0, 0.1) is 0 Å². The number of benzene rings is 1. The van der Waals surface area contributed by atoms with Crippen LogP contribution in [-0.4, -0.2) is 31.9 Å². The first-order valence-electron chi connectivity index (χ1n) is 6.78. The predicted molar refractivity (Wildman–Crippen MR) is 78.5 cm³/mol. The van der Waals surface area contributed by atoms with E-state index in [-0.39, 0.29) is 0 Å². The second-order valence-electron chi connectivity index (χ2n) is 5.94. The Hall–Kier alpha value is -1.75. The molecule has 2 rings (SSSR count). The molecule has 5 heteroatoms. The van der Waals surface area contributed by atoms with E-state index in [9.17, 15) is 4.79 Å². The van der Waals surface area contributed by atoms with Crippen molar-refractivity contribution in [2.24, 2.45) is 0 Å². The van der Waals surface area contributed by atoms with Crippen LogP contribution in [0.15, 0.2) is 18.2 Å². The Morgan fingerprint density at radius 3 is 2.55 bits per heavy atom. The highest BCUT2D eigenvalue weighted by atomic mass is 16.6. The predicted octanol–water partition coefficient (Wildman–Crippen LogP) is 2.73. The Balaban J connectivity index is 2.17. The maximum absolute atomic E-state index is 11.9. The Morgan fingerprint density at radius 2 is 2.05 bits per heavy atom. The van der Waals surface area contributed by atoms with E-state index < -0.39 is 11.7 Å². The van der Waals surface area contributed by atoms with Crippen molar-refractivity contribution in [2.45, 2.75) is 32.3 Å². The van der Waals surface area contributed by atoms with Crippen molar-refractivity contribution in [3.63, 3.8) is 0 Å². The molecule has 0 unspecified atom stereocenters. The molecule has 1 amide bonds. The lowest BCUT2D eigenvalue weighted by Gasteiger charge is -2.29. The highest BCUT2D eigenvalue weighted by molar-refractivity contribution is 5.86. The Kier molecular flexibility index (Phi) is 4.18. The number of amides is 1. The molecule has 110 valence electrons. The number of nitrogens with one attached hydrogen (secondary N) is 2. The molecule has 1 aliphatic rings. The zero-order chi connectivity index (χ0) is 14.8. The summed E-state index contributed by atoms with van der Waals surface area (Å²) in [6, 6.07) is 5.74. The zero-order valence-corrected chi connectivity index (χ0v) is 12.4. The summed E-state index contributed by atoms with van der Waals surface area (Å²) in [5.41, 5.74) is 1.35. The first kappa shape index (κ1) is 14.7. The molecule has 0 atom stereocenters. The van der Waals surface area contributed by atoms with Crippen LogP contribution in [0.3, 0.4) is 0 Å². The summed E-state index contributed by atoms with van der Waals surface area (Å²) in [6.45, 7) is 7.38. The largest absolute Gasteiger partial charge is 0.497 e. The molecule has 1 aromatic rings. The van der Waals surface area contributed by atoms with Crippen LogP contribution in [0.4, 0.5) is 10.5 Å². The van der Waals surface area contributed by atoms with Gasteiger partial charge in [-0.15, -0.1) is 0 Å². The van der Waals surface area contributed by atoms with Gasteiger partial charge in [-0.1, -0.05) is 6.07 Å². The van der Waals surface area contributed by atoms with E-state index in [2.05, 4.69) is 10.6 Å². The van der Waals surface area contributed by atoms with Gasteiger partial charge < -0.3 is 14.8 Å². The number of carbonyl (C=O) groups excluding carboxylic acids is 1. The first-order chi connectivity index (χ1) is 9.39. The van der Waals surface area contributed by atoms with Crippen molar-refractivity contribution < 1.29 is 14.3 Å². The third-order valence-electron chi connectivity index (χ3n) is 3.12. The van der Waals surface area contributed by atoms with Crippen molar-refractivity contribution in [3.8, 4) is 5.75 Å². The van der Waals surface area contributed by atoms with Crippen LogP contribution >= 0.6 is 0 Å². The monoisotopic (exact) mass is 278 g/mol. The van der Waals surface area contributed by atoms with Crippen LogP contribution in [-0.2, 0) is 4.74 Å². The highest BCUT2D eigenvalue weighted by Gasteiger charge is 2.24. The molecule has 0 radical (unpaired) electrons. The molecule has 0 saturated carbocycles. The highest BCUT2D eigenvalue weighted by Crippen LogP contribution is 2.31. The fourth-order valence-electron chi connectivity index (χ4n) is 2.05. The molecule has 1 aliphatic heterocycles. The maximum atomic E-state index is 11.9. The SMILES string of the molecule is COc1ccc(C2CNC2)c(NC(=O)OC(C)(C)C)c1. The molecule has 0 bridgehead atoms. The summed E-state index contributed by atoms with van der Waals surface area (Å²) in [5.74, 6) is 1.14. The summed E-state index contributed by atoms with van der Waals surface area (Å²) < 4.78 is 10.5. The molecule has 0 aliphatic carbocycles. The van der Waals surface area contributed by atoms with E-state index in [0.717, 1.165) is 24.3 Å². The molecular weight excluding hydrogens is 256 g/mol. The van der Waals surface area contributed by atoms with Crippen LogP contribution in [0.5, 0.6) is 5.75 Å². The van der Waals surface area contributed by atoms with Crippen molar-refractivity contribution in [2.75, 3.05) is 25.5 Å². The molecule has 0 spiro atoms. The third-order valence-corrected chi connectivity index (χ3v) is 3.12. The number of hydrogen-bond donors (Lipinski definition) is 2. The van der Waals surface area contributed by atoms with Gasteiger partial charge in [0.1, 0.15) is 11.4 Å². The van der Waals surface area contributed by atoms with E-state index in [0.29, 0.717) is 11.7 Å². The normalized spacial score (nSPS) is 15.4. The summed E-state index contributed by atoms with van der Waals surface area (Å²) in [5, 5.41) is 6.05. The first-order valence-corrected chi connectivity index (χ1v) is 6.78. The van der Waals surface area contributed by atoms with Crippen LogP contribution in [0.1, 0.15) is 32.3 Å². The fourth-order valence-corrected chi connectivity index (χ4v) is 2.05. The number of methoxy groups -OCH3 is 1. The quantitative estimate of drug-likeness (QED) is 0.892. The molecule has 2 N–H and O–H groups in total. The summed E-state index contributed by atoms with van der Waals surface area (Å²) >= 11 is 0. The maximum Gasteiger partial charge on any atom is 0.412 e. The fraction of sp³-hybridized carbons (Fsp3) is 0.533. The topological polar surface area (TPSA) is 59.6 Å². The lowest BCUT2D eigenvalue weighted by Crippen LogP contribution is -2.40. The number of rotatable bonds is 3. The second kappa shape index (κ2) is 5.71. The van der Waals surface area contributed by atoms with Crippen LogP contribution in [0.2, 0.25) is 0 Å². The van der Waals surface area contributed by atoms with E-state index in [1.807, 2.05) is 39.0 Å². The standard InChI is InChI=1S/C15H22N2O3/c1-15(2,3)20-14(18)17-13-7-11(19-4)5-6-12(13)10-8-16-9-10/h5-7,10,16H,8-9H2,1-4H3,(H,17,18). The molecule has 1 fully saturated rings. The Labute approximate surface area is 119 Å². The molecule has 1 aromatic carbocycles. The minimum absolute atomic E-state index is 0.422. The van der Waals surface area contributed by atoms with E-state index >= 15 is 0 Å². The molecule has 5 nitrogen and oxygen atoms in total. The summed E-state index contributed by atoms with van der Waals surface area (Å²) in [7, 11) is 1.61. The van der Waals surface area contributed by atoms with Gasteiger partial charge in [-0.05, 0) is 32.4 Å². The number of ether oxygens (including phenoxy) is 2. The Morgan fingerprint density at radius 1 is 1.35 bits per heavy atom. The van der Waals surface area contributed by atoms with Gasteiger partial charge in [-0.3, -0.25) is 5.32 Å². The molecule has 1 heterocycles. The van der Waals surface area contributed by atoms with Gasteiger partial charge in [0.2, 0.25) is 0 Å². The van der Waals surface area contributed by atoms with Crippen molar-refractivity contribution >= 4 is 11.8 Å². The van der Waals surface area contributed by atoms with Gasteiger partial charge in [-0.2, -0.15) is 0 Å². The number of hydrogen-bond acceptors (Lipinski definition) is 4. The van der Waals surface area contributed by atoms with Gasteiger partial charge in [-0.25, -0.2) is 4.79 Å². The molecular formula is C15H22N2O3. The summed E-state index contributed by atoms with van der Waals surface area (Å²) in [4.78, 5) is 11.9. The number of carbonyl (C=O) groups is 1. The van der Waals surface area contributed by atoms with E-state index in [1.165, 1.54) is 0 Å². The van der Waals surface area contributed by atoms with Crippen molar-refractivity contribution in [1.29, 1.82) is 0 Å². The van der Waals surface area contributed by atoms with Gasteiger partial charge in [0.15, 0.2) is 0 Å². The lowest BCUT2D eigenvalue weighted by atomic mass is 9.92. The van der Waals surface area contributed by atoms with Gasteiger partial charge in [0, 0.05) is 25.1 Å². The third kappa shape index (κ3) is 3.63. The van der Waals surface area contributed by atoms with Gasteiger partial charge in [0.25, 0.3) is 0 Å². The zero-order valence-electron chi connectivity index (χ0n) is 12.4. The van der Waals surface area contributed by atoms with Crippen LogP contribution in [0.25, 0.3) is 0 Å². The average molecular weight is 278 g/mol. The van der Waals surface area contributed by atoms with Gasteiger partial charge >= 0.3 is 6.09 Å². The van der Waals surface area contributed by atoms with E-state index in [1.54, 1.807) is 7.11 Å². The lowest BCUT2D eigenvalue weighted by molar-refractivity contribution is 0.0635. The van der Waals surface area contributed by atoms with Crippen molar-refractivity contribution in [1.82, 2.24) is 5.32 Å². The van der Waals surface area contributed by atoms with Crippen LogP contribution < -0.4 is 15.4 Å². The Bertz CT molecular complexity index is 490. The molecule has 20 heavy (non-hydrogen) atoms. The van der Waals surface area contributed by atoms with E-state index in [4.69, 9.17) is 9.47 Å². The van der Waals surface area contributed by atoms with Crippen molar-refractivity contribution in [3.05, 3.63) is 23.8 Å². The number of anilines is 1. The molecule has 0 aromatic heterocycles. The average Bonchev–Trinajstić information content (AvgIpc) is 2.26. The summed E-state index contributed by atoms with van der Waals surface area (Å²) in [6.07, 6.45) is -0.445.